The van der Waals surface area contributed by atoms with Gasteiger partial charge in [0.1, 0.15) is 11.7 Å². The molecule has 0 aliphatic carbocycles. The minimum atomic E-state index is -0.521. The number of amides is 2. The van der Waals surface area contributed by atoms with Gasteiger partial charge >= 0.3 is 0 Å². The maximum absolute atomic E-state index is 13.1. The average molecular weight is 416 g/mol. The third-order valence-electron chi connectivity index (χ3n) is 5.13. The van der Waals surface area contributed by atoms with Crippen LogP contribution in [0.4, 0.5) is 0 Å². The Balaban J connectivity index is 1.49. The summed E-state index contributed by atoms with van der Waals surface area (Å²) in [5.41, 5.74) is 2.46. The molecule has 2 aromatic heterocycles. The van der Waals surface area contributed by atoms with Gasteiger partial charge < -0.3 is 15.2 Å². The molecular weight excluding hydrogens is 394 g/mol. The largest absolute Gasteiger partial charge is 0.350 e. The zero-order valence-corrected chi connectivity index (χ0v) is 17.2. The van der Waals surface area contributed by atoms with Crippen molar-refractivity contribution in [3.8, 4) is 0 Å². The molecule has 1 aliphatic heterocycles. The second-order valence-electron chi connectivity index (χ2n) is 7.11. The lowest BCUT2D eigenvalue weighted by Crippen LogP contribution is -2.49. The van der Waals surface area contributed by atoms with Crippen molar-refractivity contribution in [3.05, 3.63) is 56.9 Å². The average Bonchev–Trinajstić information content (AvgIpc) is 3.32. The van der Waals surface area contributed by atoms with E-state index in [4.69, 9.17) is 11.6 Å². The molecule has 28 heavy (non-hydrogen) atoms. The lowest BCUT2D eigenvalue weighted by molar-refractivity contribution is -0.134. The molecule has 0 bridgehead atoms. The predicted molar refractivity (Wildman–Crippen MR) is 113 cm³/mol. The summed E-state index contributed by atoms with van der Waals surface area (Å²) in [5, 5.41) is 6.53. The minimum absolute atomic E-state index is 0.00814. The molecule has 0 radical (unpaired) electrons. The van der Waals surface area contributed by atoms with Crippen LogP contribution in [0.3, 0.4) is 0 Å². The Bertz CT molecular complexity index is 1030. The van der Waals surface area contributed by atoms with Crippen molar-refractivity contribution < 1.29 is 9.59 Å². The minimum Gasteiger partial charge on any atom is -0.350 e. The first kappa shape index (κ1) is 19.0. The first-order valence-electron chi connectivity index (χ1n) is 9.48. The van der Waals surface area contributed by atoms with Crippen LogP contribution in [0.2, 0.25) is 5.02 Å². The second-order valence-corrected chi connectivity index (χ2v) is 8.55. The second kappa shape index (κ2) is 7.97. The standard InChI is InChI=1S/C21H22ClN3O2S/c1-2-3-16(21(27)25-8-6-19-14(12-25)7-9-28-19)24-20(26)18-10-13-4-5-15(22)11-17(13)23-18/h4-5,7,9-11,16,23H,2-3,6,8,12H2,1H3,(H,24,26). The van der Waals surface area contributed by atoms with E-state index in [-0.39, 0.29) is 11.8 Å². The van der Waals surface area contributed by atoms with Gasteiger partial charge in [-0.15, -0.1) is 11.3 Å². The number of rotatable bonds is 5. The van der Waals surface area contributed by atoms with Gasteiger partial charge in [0.2, 0.25) is 5.91 Å². The highest BCUT2D eigenvalue weighted by atomic mass is 35.5. The highest BCUT2D eigenvalue weighted by molar-refractivity contribution is 7.10. The van der Waals surface area contributed by atoms with Crippen molar-refractivity contribution in [2.24, 2.45) is 0 Å². The van der Waals surface area contributed by atoms with Gasteiger partial charge in [-0.1, -0.05) is 31.0 Å². The summed E-state index contributed by atoms with van der Waals surface area (Å²) < 4.78 is 0. The van der Waals surface area contributed by atoms with Gasteiger partial charge in [-0.25, -0.2) is 0 Å². The van der Waals surface area contributed by atoms with Crippen LogP contribution in [0.15, 0.2) is 35.7 Å². The maximum Gasteiger partial charge on any atom is 0.268 e. The summed E-state index contributed by atoms with van der Waals surface area (Å²) in [4.78, 5) is 32.2. The third-order valence-corrected chi connectivity index (χ3v) is 6.39. The zero-order chi connectivity index (χ0) is 19.7. The number of thiophene rings is 1. The van der Waals surface area contributed by atoms with Crippen LogP contribution in [0.5, 0.6) is 0 Å². The summed E-state index contributed by atoms with van der Waals surface area (Å²) in [6, 6.07) is 8.79. The van der Waals surface area contributed by atoms with Crippen molar-refractivity contribution in [3.63, 3.8) is 0 Å². The number of halogens is 1. The molecule has 1 unspecified atom stereocenters. The monoisotopic (exact) mass is 415 g/mol. The van der Waals surface area contributed by atoms with Crippen LogP contribution in [-0.4, -0.2) is 34.3 Å². The van der Waals surface area contributed by atoms with Crippen molar-refractivity contribution >= 4 is 45.7 Å². The normalized spacial score (nSPS) is 14.7. The van der Waals surface area contributed by atoms with E-state index in [0.717, 1.165) is 23.7 Å². The van der Waals surface area contributed by atoms with Crippen molar-refractivity contribution in [2.45, 2.75) is 38.8 Å². The van der Waals surface area contributed by atoms with Crippen LogP contribution in [0.1, 0.15) is 40.7 Å². The number of benzene rings is 1. The first-order chi connectivity index (χ1) is 13.5. The molecule has 2 amide bonds. The lowest BCUT2D eigenvalue weighted by Gasteiger charge is -2.30. The van der Waals surface area contributed by atoms with Crippen molar-refractivity contribution in [1.82, 2.24) is 15.2 Å². The topological polar surface area (TPSA) is 65.2 Å². The van der Waals surface area contributed by atoms with Gasteiger partial charge in [0.25, 0.3) is 5.91 Å². The number of aromatic amines is 1. The lowest BCUT2D eigenvalue weighted by atomic mass is 10.1. The number of carbonyl (C=O) groups excluding carboxylic acids is 2. The van der Waals surface area contributed by atoms with Crippen LogP contribution in [-0.2, 0) is 17.8 Å². The van der Waals surface area contributed by atoms with Gasteiger partial charge in [-0.3, -0.25) is 9.59 Å². The summed E-state index contributed by atoms with van der Waals surface area (Å²) in [6.45, 7) is 3.34. The number of carbonyl (C=O) groups is 2. The quantitative estimate of drug-likeness (QED) is 0.650. The van der Waals surface area contributed by atoms with E-state index in [9.17, 15) is 9.59 Å². The summed E-state index contributed by atoms with van der Waals surface area (Å²) in [7, 11) is 0. The van der Waals surface area contributed by atoms with E-state index in [1.165, 1.54) is 10.4 Å². The Hall–Kier alpha value is -2.31. The molecule has 0 saturated heterocycles. The van der Waals surface area contributed by atoms with Gasteiger partial charge in [-0.05, 0) is 48.1 Å². The number of fused-ring (bicyclic) bond motifs is 2. The molecule has 7 heteroatoms. The molecule has 1 atom stereocenters. The highest BCUT2D eigenvalue weighted by Crippen LogP contribution is 2.25. The van der Waals surface area contributed by atoms with E-state index in [0.29, 0.717) is 30.2 Å². The number of nitrogens with zero attached hydrogens (tertiary/aromatic N) is 1. The van der Waals surface area contributed by atoms with Crippen molar-refractivity contribution in [1.29, 1.82) is 0 Å². The van der Waals surface area contributed by atoms with Gasteiger partial charge in [0, 0.05) is 33.9 Å². The molecule has 0 fully saturated rings. The van der Waals surface area contributed by atoms with Crippen LogP contribution in [0.25, 0.3) is 10.9 Å². The number of hydrogen-bond donors (Lipinski definition) is 2. The molecule has 3 heterocycles. The molecule has 2 N–H and O–H groups in total. The molecule has 146 valence electrons. The summed E-state index contributed by atoms with van der Waals surface area (Å²) >= 11 is 7.77. The van der Waals surface area contributed by atoms with Crippen LogP contribution in [0, 0.1) is 0 Å². The fourth-order valence-electron chi connectivity index (χ4n) is 3.66. The number of H-pyrrole nitrogens is 1. The first-order valence-corrected chi connectivity index (χ1v) is 10.7. The smallest absolute Gasteiger partial charge is 0.268 e. The van der Waals surface area contributed by atoms with E-state index < -0.39 is 6.04 Å². The summed E-state index contributed by atoms with van der Waals surface area (Å²) in [5.74, 6) is -0.279. The van der Waals surface area contributed by atoms with Gasteiger partial charge in [0.15, 0.2) is 0 Å². The Morgan fingerprint density at radius 2 is 2.18 bits per heavy atom. The SMILES string of the molecule is CCCC(NC(=O)c1cc2ccc(Cl)cc2[nH]1)C(=O)N1CCc2sccc2C1. The van der Waals surface area contributed by atoms with Crippen LogP contribution < -0.4 is 5.32 Å². The number of aromatic nitrogens is 1. The molecule has 0 spiro atoms. The fourth-order valence-corrected chi connectivity index (χ4v) is 4.72. The van der Waals surface area contributed by atoms with Crippen molar-refractivity contribution in [2.75, 3.05) is 6.54 Å². The molecule has 1 aromatic carbocycles. The molecule has 3 aromatic rings. The number of nitrogens with one attached hydrogen (secondary N) is 2. The van der Waals surface area contributed by atoms with E-state index in [2.05, 4.69) is 21.7 Å². The van der Waals surface area contributed by atoms with Gasteiger partial charge in [0.05, 0.1) is 0 Å². The fraction of sp³-hybridized carbons (Fsp3) is 0.333. The highest BCUT2D eigenvalue weighted by Gasteiger charge is 2.29. The van der Waals surface area contributed by atoms with Gasteiger partial charge in [-0.2, -0.15) is 0 Å². The van der Waals surface area contributed by atoms with Crippen LogP contribution >= 0.6 is 22.9 Å². The Labute approximate surface area is 172 Å². The van der Waals surface area contributed by atoms with E-state index in [1.807, 2.05) is 17.9 Å². The number of hydrogen-bond acceptors (Lipinski definition) is 3. The Morgan fingerprint density at radius 1 is 1.32 bits per heavy atom. The molecule has 0 saturated carbocycles. The molecule has 5 nitrogen and oxygen atoms in total. The molecule has 1 aliphatic rings. The zero-order valence-electron chi connectivity index (χ0n) is 15.6. The Kier molecular flexibility index (Phi) is 5.42. The predicted octanol–water partition coefficient (Wildman–Crippen LogP) is 4.37. The van der Waals surface area contributed by atoms with E-state index >= 15 is 0 Å². The van der Waals surface area contributed by atoms with E-state index in [1.54, 1.807) is 29.5 Å². The summed E-state index contributed by atoms with van der Waals surface area (Å²) in [6.07, 6.45) is 2.31. The Morgan fingerprint density at radius 3 is 3.00 bits per heavy atom. The molecule has 4 rings (SSSR count). The third kappa shape index (κ3) is 3.80. The maximum atomic E-state index is 13.1. The molecular formula is C21H22ClN3O2S.